The fourth-order valence-electron chi connectivity index (χ4n) is 2.13. The molecule has 21 heavy (non-hydrogen) atoms. The molecule has 2 rings (SSSR count). The molecule has 5 heteroatoms. The zero-order chi connectivity index (χ0) is 15.4. The van der Waals surface area contributed by atoms with Gasteiger partial charge in [0.1, 0.15) is 0 Å². The van der Waals surface area contributed by atoms with Crippen molar-refractivity contribution < 1.29 is 14.7 Å². The van der Waals surface area contributed by atoms with Crippen LogP contribution in [0.25, 0.3) is 0 Å². The highest BCUT2D eigenvalue weighted by atomic mass is 32.1. The Morgan fingerprint density at radius 3 is 2.62 bits per heavy atom. The van der Waals surface area contributed by atoms with Gasteiger partial charge in [-0.25, -0.2) is 4.79 Å². The van der Waals surface area contributed by atoms with E-state index in [9.17, 15) is 9.59 Å². The molecule has 1 heterocycles. The van der Waals surface area contributed by atoms with Crippen LogP contribution in [0.5, 0.6) is 0 Å². The van der Waals surface area contributed by atoms with E-state index in [0.717, 1.165) is 20.9 Å². The minimum Gasteiger partial charge on any atom is -0.478 e. The summed E-state index contributed by atoms with van der Waals surface area (Å²) in [4.78, 5) is 25.1. The van der Waals surface area contributed by atoms with Gasteiger partial charge in [-0.15, -0.1) is 11.3 Å². The number of hydrogen-bond donors (Lipinski definition) is 2. The number of carboxylic acids is 1. The van der Waals surface area contributed by atoms with Crippen LogP contribution >= 0.6 is 11.3 Å². The molecule has 2 N–H and O–H groups in total. The lowest BCUT2D eigenvalue weighted by Crippen LogP contribution is -2.25. The maximum Gasteiger partial charge on any atom is 0.335 e. The largest absolute Gasteiger partial charge is 0.478 e. The van der Waals surface area contributed by atoms with Gasteiger partial charge in [-0.05, 0) is 44.0 Å². The minimum atomic E-state index is -0.940. The molecule has 0 fully saturated rings. The Balaban J connectivity index is 1.92. The third-order valence-electron chi connectivity index (χ3n) is 3.16. The van der Waals surface area contributed by atoms with Crippen LogP contribution < -0.4 is 5.32 Å². The van der Waals surface area contributed by atoms with Crippen LogP contribution in [0.3, 0.4) is 0 Å². The van der Waals surface area contributed by atoms with Crippen molar-refractivity contribution in [2.24, 2.45) is 0 Å². The first-order valence-electron chi connectivity index (χ1n) is 6.65. The second-order valence-electron chi connectivity index (χ2n) is 4.84. The van der Waals surface area contributed by atoms with E-state index in [1.165, 1.54) is 0 Å². The van der Waals surface area contributed by atoms with E-state index >= 15 is 0 Å². The molecule has 1 aromatic carbocycles. The first-order chi connectivity index (χ1) is 9.97. The summed E-state index contributed by atoms with van der Waals surface area (Å²) in [7, 11) is 0. The summed E-state index contributed by atoms with van der Waals surface area (Å²) in [5, 5.41) is 11.8. The summed E-state index contributed by atoms with van der Waals surface area (Å²) in [6, 6.07) is 8.66. The summed E-state index contributed by atoms with van der Waals surface area (Å²) in [5.41, 5.74) is 1.88. The Morgan fingerprint density at radius 2 is 2.00 bits per heavy atom. The van der Waals surface area contributed by atoms with Crippen molar-refractivity contribution in [2.45, 2.75) is 20.3 Å². The van der Waals surface area contributed by atoms with Gasteiger partial charge < -0.3 is 10.4 Å². The summed E-state index contributed by atoms with van der Waals surface area (Å²) in [6.45, 7) is 4.39. The van der Waals surface area contributed by atoms with E-state index in [4.69, 9.17) is 5.11 Å². The van der Waals surface area contributed by atoms with Crippen molar-refractivity contribution in [2.75, 3.05) is 6.54 Å². The highest BCUT2D eigenvalue weighted by molar-refractivity contribution is 7.12. The van der Waals surface area contributed by atoms with Crippen LogP contribution in [-0.2, 0) is 6.42 Å². The maximum atomic E-state index is 12.0. The molecule has 0 aliphatic rings. The molecule has 0 bridgehead atoms. The van der Waals surface area contributed by atoms with Crippen molar-refractivity contribution >= 4 is 23.2 Å². The first kappa shape index (κ1) is 15.3. The second-order valence-corrected chi connectivity index (χ2v) is 6.30. The SMILES string of the molecule is Cc1cc(C(=O)NCCc2cccc(C(=O)O)c2)c(C)s1. The molecular weight excluding hydrogens is 286 g/mol. The fourth-order valence-corrected chi connectivity index (χ4v) is 3.05. The third-order valence-corrected chi connectivity index (χ3v) is 4.12. The Kier molecular flexibility index (Phi) is 4.75. The molecule has 0 unspecified atom stereocenters. The van der Waals surface area contributed by atoms with E-state index < -0.39 is 5.97 Å². The number of amides is 1. The molecule has 110 valence electrons. The number of aryl methyl sites for hydroxylation is 2. The van der Waals surface area contributed by atoms with Gasteiger partial charge in [-0.1, -0.05) is 12.1 Å². The smallest absolute Gasteiger partial charge is 0.335 e. The Morgan fingerprint density at radius 1 is 1.24 bits per heavy atom. The van der Waals surface area contributed by atoms with Gasteiger partial charge >= 0.3 is 5.97 Å². The molecule has 1 amide bonds. The average molecular weight is 303 g/mol. The lowest BCUT2D eigenvalue weighted by Gasteiger charge is -2.06. The predicted molar refractivity (Wildman–Crippen MR) is 83.2 cm³/mol. The number of carbonyl (C=O) groups excluding carboxylic acids is 1. The monoisotopic (exact) mass is 303 g/mol. The number of carboxylic acid groups (broad SMARTS) is 1. The molecular formula is C16H17NO3S. The van der Waals surface area contributed by atoms with Crippen LogP contribution in [0, 0.1) is 13.8 Å². The van der Waals surface area contributed by atoms with E-state index in [-0.39, 0.29) is 11.5 Å². The fraction of sp³-hybridized carbons (Fsp3) is 0.250. The highest BCUT2D eigenvalue weighted by Gasteiger charge is 2.11. The van der Waals surface area contributed by atoms with Gasteiger partial charge in [-0.3, -0.25) is 4.79 Å². The minimum absolute atomic E-state index is 0.0776. The second kappa shape index (κ2) is 6.54. The number of carbonyl (C=O) groups is 2. The summed E-state index contributed by atoms with van der Waals surface area (Å²) >= 11 is 1.61. The number of hydrogen-bond acceptors (Lipinski definition) is 3. The van der Waals surface area contributed by atoms with E-state index in [2.05, 4.69) is 5.32 Å². The van der Waals surface area contributed by atoms with Crippen LogP contribution in [0.15, 0.2) is 30.3 Å². The standard InChI is InChI=1S/C16H17NO3S/c1-10-8-14(11(2)21-10)15(18)17-7-6-12-4-3-5-13(9-12)16(19)20/h3-5,8-9H,6-7H2,1-2H3,(H,17,18)(H,19,20). The topological polar surface area (TPSA) is 66.4 Å². The number of nitrogens with one attached hydrogen (secondary N) is 1. The van der Waals surface area contributed by atoms with Crippen LogP contribution in [0.4, 0.5) is 0 Å². The van der Waals surface area contributed by atoms with Gasteiger partial charge in [0.25, 0.3) is 5.91 Å². The molecule has 0 aliphatic heterocycles. The number of benzene rings is 1. The molecule has 0 atom stereocenters. The summed E-state index contributed by atoms with van der Waals surface area (Å²) in [6.07, 6.45) is 0.606. The van der Waals surface area contributed by atoms with Gasteiger partial charge in [0.05, 0.1) is 11.1 Å². The van der Waals surface area contributed by atoms with Crippen LogP contribution in [-0.4, -0.2) is 23.5 Å². The lowest BCUT2D eigenvalue weighted by atomic mass is 10.1. The van der Waals surface area contributed by atoms with Crippen molar-refractivity contribution in [3.8, 4) is 0 Å². The number of rotatable bonds is 5. The molecule has 4 nitrogen and oxygen atoms in total. The summed E-state index contributed by atoms with van der Waals surface area (Å²) < 4.78 is 0. The molecule has 0 radical (unpaired) electrons. The van der Waals surface area contributed by atoms with E-state index in [1.807, 2.05) is 26.0 Å². The molecule has 1 aromatic heterocycles. The normalized spacial score (nSPS) is 10.4. The highest BCUT2D eigenvalue weighted by Crippen LogP contribution is 2.20. The Labute approximate surface area is 127 Å². The summed E-state index contributed by atoms with van der Waals surface area (Å²) in [5.74, 6) is -1.02. The zero-order valence-corrected chi connectivity index (χ0v) is 12.8. The quantitative estimate of drug-likeness (QED) is 0.892. The number of aromatic carboxylic acids is 1. The molecule has 0 aliphatic carbocycles. The Bertz CT molecular complexity index is 676. The van der Waals surface area contributed by atoms with Crippen LogP contribution in [0.1, 0.15) is 36.0 Å². The van der Waals surface area contributed by atoms with Crippen molar-refractivity contribution in [1.29, 1.82) is 0 Å². The maximum absolute atomic E-state index is 12.0. The number of thiophene rings is 1. The van der Waals surface area contributed by atoms with Gasteiger partial charge in [-0.2, -0.15) is 0 Å². The van der Waals surface area contributed by atoms with Crippen LogP contribution in [0.2, 0.25) is 0 Å². The van der Waals surface area contributed by atoms with Gasteiger partial charge in [0.15, 0.2) is 0 Å². The van der Waals surface area contributed by atoms with Gasteiger partial charge in [0.2, 0.25) is 0 Å². The molecule has 0 saturated heterocycles. The molecule has 0 spiro atoms. The first-order valence-corrected chi connectivity index (χ1v) is 7.46. The van der Waals surface area contributed by atoms with Crippen molar-refractivity contribution in [1.82, 2.24) is 5.32 Å². The van der Waals surface area contributed by atoms with Crippen molar-refractivity contribution in [3.63, 3.8) is 0 Å². The predicted octanol–water partition coefficient (Wildman–Crippen LogP) is 3.04. The van der Waals surface area contributed by atoms with E-state index in [0.29, 0.717) is 13.0 Å². The zero-order valence-electron chi connectivity index (χ0n) is 12.0. The third kappa shape index (κ3) is 3.92. The Hall–Kier alpha value is -2.14. The lowest BCUT2D eigenvalue weighted by molar-refractivity contribution is 0.0696. The van der Waals surface area contributed by atoms with Crippen molar-refractivity contribution in [3.05, 3.63) is 56.8 Å². The molecule has 0 saturated carbocycles. The van der Waals surface area contributed by atoms with Gasteiger partial charge in [0, 0.05) is 16.3 Å². The molecule has 2 aromatic rings. The van der Waals surface area contributed by atoms with E-state index in [1.54, 1.807) is 29.5 Å². The average Bonchev–Trinajstić information content (AvgIpc) is 2.78.